The lowest BCUT2D eigenvalue weighted by molar-refractivity contribution is -0.111. The molecule has 1 heterocycles. The molecule has 0 atom stereocenters. The number of carbonyl (C=O) groups excluding carboxylic acids is 1. The molecule has 1 aliphatic carbocycles. The van der Waals surface area contributed by atoms with Crippen LogP contribution in [0.15, 0.2) is 29.9 Å². The van der Waals surface area contributed by atoms with E-state index in [9.17, 15) is 4.79 Å². The first-order chi connectivity index (χ1) is 6.99. The van der Waals surface area contributed by atoms with E-state index in [4.69, 9.17) is 0 Å². The summed E-state index contributed by atoms with van der Waals surface area (Å²) in [5.41, 5.74) is 3.22. The standard InChI is InChI=1S/C12H13NOS/c1-8-4-12(2,3)5-9(11(8)14)10-6-13-7-15-10/h5-7H,1,4H2,2-3H3. The Morgan fingerprint density at radius 3 is 2.87 bits per heavy atom. The number of thiazole rings is 1. The fourth-order valence-corrected chi connectivity index (χ4v) is 2.50. The molecule has 1 aromatic heterocycles. The average Bonchev–Trinajstić information content (AvgIpc) is 2.63. The quantitative estimate of drug-likeness (QED) is 0.679. The van der Waals surface area contributed by atoms with Crippen LogP contribution >= 0.6 is 11.3 Å². The first-order valence-electron chi connectivity index (χ1n) is 4.84. The van der Waals surface area contributed by atoms with Crippen LogP contribution in [0.25, 0.3) is 5.57 Å². The molecule has 0 N–H and O–H groups in total. The summed E-state index contributed by atoms with van der Waals surface area (Å²) in [6.45, 7) is 8.08. The second-order valence-electron chi connectivity index (χ2n) is 4.52. The van der Waals surface area contributed by atoms with Crippen LogP contribution in [0, 0.1) is 5.41 Å². The molecule has 0 aliphatic heterocycles. The van der Waals surface area contributed by atoms with Gasteiger partial charge in [0.2, 0.25) is 0 Å². The van der Waals surface area contributed by atoms with E-state index < -0.39 is 0 Å². The number of rotatable bonds is 1. The first-order valence-corrected chi connectivity index (χ1v) is 5.72. The highest BCUT2D eigenvalue weighted by atomic mass is 32.1. The molecule has 1 aromatic rings. The van der Waals surface area contributed by atoms with Gasteiger partial charge in [0.1, 0.15) is 0 Å². The summed E-state index contributed by atoms with van der Waals surface area (Å²) >= 11 is 1.49. The van der Waals surface area contributed by atoms with E-state index in [-0.39, 0.29) is 11.2 Å². The second kappa shape index (κ2) is 3.42. The summed E-state index contributed by atoms with van der Waals surface area (Å²) in [6, 6.07) is 0. The normalized spacial score (nSPS) is 20.3. The number of ketones is 1. The number of hydrogen-bond donors (Lipinski definition) is 0. The van der Waals surface area contributed by atoms with E-state index in [1.54, 1.807) is 11.7 Å². The van der Waals surface area contributed by atoms with Gasteiger partial charge in [-0.05, 0) is 17.4 Å². The van der Waals surface area contributed by atoms with Crippen molar-refractivity contribution in [3.8, 4) is 0 Å². The van der Waals surface area contributed by atoms with Crippen molar-refractivity contribution in [3.05, 3.63) is 34.8 Å². The smallest absolute Gasteiger partial charge is 0.189 e. The molecule has 0 unspecified atom stereocenters. The van der Waals surface area contributed by atoms with Gasteiger partial charge in [-0.15, -0.1) is 11.3 Å². The molecule has 0 aromatic carbocycles. The van der Waals surface area contributed by atoms with Crippen LogP contribution in [0.3, 0.4) is 0 Å². The molecule has 15 heavy (non-hydrogen) atoms. The summed E-state index contributed by atoms with van der Waals surface area (Å²) < 4.78 is 0. The van der Waals surface area contributed by atoms with Crippen molar-refractivity contribution in [1.29, 1.82) is 0 Å². The SMILES string of the molecule is C=C1CC(C)(C)C=C(c2cncs2)C1=O. The zero-order valence-corrected chi connectivity index (χ0v) is 9.73. The van der Waals surface area contributed by atoms with Crippen LogP contribution in [-0.2, 0) is 4.79 Å². The van der Waals surface area contributed by atoms with Gasteiger partial charge in [-0.3, -0.25) is 9.78 Å². The molecule has 0 radical (unpaired) electrons. The van der Waals surface area contributed by atoms with Crippen LogP contribution in [0.5, 0.6) is 0 Å². The van der Waals surface area contributed by atoms with Gasteiger partial charge in [-0.25, -0.2) is 0 Å². The van der Waals surface area contributed by atoms with E-state index in [1.165, 1.54) is 11.3 Å². The van der Waals surface area contributed by atoms with Gasteiger partial charge in [-0.2, -0.15) is 0 Å². The lowest BCUT2D eigenvalue weighted by Gasteiger charge is -2.27. The predicted octanol–water partition coefficient (Wildman–Crippen LogP) is 3.08. The van der Waals surface area contributed by atoms with Gasteiger partial charge in [0.05, 0.1) is 10.4 Å². The Morgan fingerprint density at radius 2 is 2.27 bits per heavy atom. The van der Waals surface area contributed by atoms with Gasteiger partial charge in [0.15, 0.2) is 5.78 Å². The van der Waals surface area contributed by atoms with Crippen molar-refractivity contribution < 1.29 is 4.79 Å². The zero-order valence-electron chi connectivity index (χ0n) is 8.91. The highest BCUT2D eigenvalue weighted by molar-refractivity contribution is 7.11. The molecule has 3 heteroatoms. The van der Waals surface area contributed by atoms with Crippen LogP contribution in [-0.4, -0.2) is 10.8 Å². The van der Waals surface area contributed by atoms with E-state index in [1.807, 2.05) is 6.08 Å². The Hall–Kier alpha value is -1.22. The number of carbonyl (C=O) groups is 1. The number of Topliss-reactive ketones (excluding diaryl/α,β-unsaturated/α-hetero) is 1. The van der Waals surface area contributed by atoms with Crippen LogP contribution in [0.4, 0.5) is 0 Å². The van der Waals surface area contributed by atoms with Crippen LogP contribution < -0.4 is 0 Å². The van der Waals surface area contributed by atoms with E-state index >= 15 is 0 Å². The molecular weight excluding hydrogens is 206 g/mol. The lowest BCUT2D eigenvalue weighted by atomic mass is 9.76. The van der Waals surface area contributed by atoms with Crippen molar-refractivity contribution in [1.82, 2.24) is 4.98 Å². The van der Waals surface area contributed by atoms with E-state index in [2.05, 4.69) is 25.4 Å². The Morgan fingerprint density at radius 1 is 1.53 bits per heavy atom. The molecule has 0 spiro atoms. The third-order valence-electron chi connectivity index (χ3n) is 2.47. The Kier molecular flexibility index (Phi) is 2.35. The van der Waals surface area contributed by atoms with Crippen molar-refractivity contribution in [2.24, 2.45) is 5.41 Å². The molecule has 0 saturated heterocycles. The minimum Gasteiger partial charge on any atom is -0.289 e. The van der Waals surface area contributed by atoms with Crippen LogP contribution in [0.2, 0.25) is 0 Å². The number of allylic oxidation sites excluding steroid dienone is 3. The third kappa shape index (κ3) is 1.92. The molecule has 0 bridgehead atoms. The fraction of sp³-hybridized carbons (Fsp3) is 0.333. The molecular formula is C12H13NOS. The molecule has 2 nitrogen and oxygen atoms in total. The maximum absolute atomic E-state index is 11.9. The predicted molar refractivity (Wildman–Crippen MR) is 62.6 cm³/mol. The summed E-state index contributed by atoms with van der Waals surface area (Å²) in [7, 11) is 0. The van der Waals surface area contributed by atoms with Gasteiger partial charge in [-0.1, -0.05) is 26.5 Å². The van der Waals surface area contributed by atoms with E-state index in [0.29, 0.717) is 5.57 Å². The first kappa shape index (κ1) is 10.3. The Bertz CT molecular complexity index is 440. The molecule has 0 fully saturated rings. The van der Waals surface area contributed by atoms with Gasteiger partial charge >= 0.3 is 0 Å². The monoisotopic (exact) mass is 219 g/mol. The maximum Gasteiger partial charge on any atom is 0.189 e. The Labute approximate surface area is 93.4 Å². The largest absolute Gasteiger partial charge is 0.289 e. The Balaban J connectivity index is 2.50. The average molecular weight is 219 g/mol. The molecule has 2 rings (SSSR count). The minimum atomic E-state index is 0.0182. The van der Waals surface area contributed by atoms with Crippen molar-refractivity contribution in [3.63, 3.8) is 0 Å². The molecule has 1 aliphatic rings. The van der Waals surface area contributed by atoms with Gasteiger partial charge in [0.25, 0.3) is 0 Å². The van der Waals surface area contributed by atoms with Crippen molar-refractivity contribution >= 4 is 22.7 Å². The minimum absolute atomic E-state index is 0.0182. The second-order valence-corrected chi connectivity index (χ2v) is 5.41. The zero-order chi connectivity index (χ0) is 11.1. The number of hydrogen-bond acceptors (Lipinski definition) is 3. The van der Waals surface area contributed by atoms with Crippen molar-refractivity contribution in [2.45, 2.75) is 20.3 Å². The summed E-state index contributed by atoms with van der Waals surface area (Å²) in [5.74, 6) is 0.0681. The lowest BCUT2D eigenvalue weighted by Crippen LogP contribution is -2.20. The summed E-state index contributed by atoms with van der Waals surface area (Å²) in [6.07, 6.45) is 4.52. The third-order valence-corrected chi connectivity index (χ3v) is 3.27. The molecule has 0 saturated carbocycles. The highest BCUT2D eigenvalue weighted by Crippen LogP contribution is 2.38. The van der Waals surface area contributed by atoms with Gasteiger partial charge < -0.3 is 0 Å². The number of aromatic nitrogens is 1. The maximum atomic E-state index is 11.9. The summed E-state index contributed by atoms with van der Waals surface area (Å²) in [4.78, 5) is 16.9. The fourth-order valence-electron chi connectivity index (χ4n) is 1.86. The molecule has 78 valence electrons. The topological polar surface area (TPSA) is 30.0 Å². The van der Waals surface area contributed by atoms with E-state index in [0.717, 1.165) is 16.9 Å². The van der Waals surface area contributed by atoms with Gasteiger partial charge in [0, 0.05) is 11.8 Å². The highest BCUT2D eigenvalue weighted by Gasteiger charge is 2.29. The summed E-state index contributed by atoms with van der Waals surface area (Å²) in [5, 5.41) is 0. The van der Waals surface area contributed by atoms with Crippen molar-refractivity contribution in [2.75, 3.05) is 0 Å². The van der Waals surface area contributed by atoms with Crippen LogP contribution in [0.1, 0.15) is 25.1 Å². The molecule has 0 amide bonds. The number of nitrogens with zero attached hydrogens (tertiary/aromatic N) is 1.